The van der Waals surface area contributed by atoms with Gasteiger partial charge in [-0.15, -0.1) is 11.3 Å². The highest BCUT2D eigenvalue weighted by molar-refractivity contribution is 7.17. The molecule has 0 aliphatic rings. The predicted octanol–water partition coefficient (Wildman–Crippen LogP) is 2.08. The molecule has 0 spiro atoms. The SMILES string of the molecule is CCC(CO)(CO)NC(C)c1cnc2ccsc2c1. The van der Waals surface area contributed by atoms with Crippen molar-refractivity contribution < 1.29 is 10.2 Å². The summed E-state index contributed by atoms with van der Waals surface area (Å²) in [6, 6.07) is 4.14. The van der Waals surface area contributed by atoms with Crippen LogP contribution < -0.4 is 5.32 Å². The van der Waals surface area contributed by atoms with E-state index in [1.165, 1.54) is 0 Å². The van der Waals surface area contributed by atoms with Crippen molar-refractivity contribution in [2.75, 3.05) is 13.2 Å². The molecule has 0 aliphatic carbocycles. The van der Waals surface area contributed by atoms with Gasteiger partial charge in [0.1, 0.15) is 0 Å². The van der Waals surface area contributed by atoms with E-state index in [1.54, 1.807) is 11.3 Å². The maximum atomic E-state index is 9.47. The second-order valence-electron chi connectivity index (χ2n) is 4.89. The molecule has 0 bridgehead atoms. The van der Waals surface area contributed by atoms with E-state index in [1.807, 2.05) is 31.5 Å². The van der Waals surface area contributed by atoms with Crippen LogP contribution in [0.15, 0.2) is 23.7 Å². The van der Waals surface area contributed by atoms with Crippen LogP contribution in [0.2, 0.25) is 0 Å². The number of aromatic nitrogens is 1. The largest absolute Gasteiger partial charge is 0.394 e. The van der Waals surface area contributed by atoms with Gasteiger partial charge in [0.05, 0.1) is 29.0 Å². The average Bonchev–Trinajstić information content (AvgIpc) is 2.92. The third-order valence-electron chi connectivity index (χ3n) is 3.63. The summed E-state index contributed by atoms with van der Waals surface area (Å²) in [5.41, 5.74) is 1.44. The molecular formula is C14H20N2O2S. The van der Waals surface area contributed by atoms with E-state index in [-0.39, 0.29) is 19.3 Å². The second-order valence-corrected chi connectivity index (χ2v) is 5.84. The monoisotopic (exact) mass is 280 g/mol. The van der Waals surface area contributed by atoms with Gasteiger partial charge in [0.25, 0.3) is 0 Å². The smallest absolute Gasteiger partial charge is 0.0809 e. The Bertz CT molecular complexity index is 529. The Hall–Kier alpha value is -1.01. The summed E-state index contributed by atoms with van der Waals surface area (Å²) in [7, 11) is 0. The summed E-state index contributed by atoms with van der Waals surface area (Å²) >= 11 is 1.67. The van der Waals surface area contributed by atoms with Gasteiger partial charge in [0, 0.05) is 12.2 Å². The average molecular weight is 280 g/mol. The van der Waals surface area contributed by atoms with Gasteiger partial charge < -0.3 is 15.5 Å². The first-order valence-electron chi connectivity index (χ1n) is 6.46. The molecule has 104 valence electrons. The minimum atomic E-state index is -0.635. The Morgan fingerprint density at radius 3 is 2.79 bits per heavy atom. The number of nitrogens with one attached hydrogen (secondary N) is 1. The Balaban J connectivity index is 2.20. The molecule has 2 rings (SSSR count). The zero-order valence-corrected chi connectivity index (χ0v) is 12.1. The molecule has 1 unspecified atom stereocenters. The quantitative estimate of drug-likeness (QED) is 0.758. The van der Waals surface area contributed by atoms with Gasteiger partial charge in [-0.25, -0.2) is 0 Å². The van der Waals surface area contributed by atoms with E-state index < -0.39 is 5.54 Å². The van der Waals surface area contributed by atoms with E-state index in [9.17, 15) is 10.2 Å². The molecule has 0 saturated carbocycles. The third-order valence-corrected chi connectivity index (χ3v) is 4.48. The highest BCUT2D eigenvalue weighted by Crippen LogP contribution is 2.24. The van der Waals surface area contributed by atoms with E-state index in [0.29, 0.717) is 6.42 Å². The van der Waals surface area contributed by atoms with Crippen LogP contribution in [0.3, 0.4) is 0 Å². The lowest BCUT2D eigenvalue weighted by atomic mass is 9.96. The van der Waals surface area contributed by atoms with Gasteiger partial charge in [-0.3, -0.25) is 4.98 Å². The fourth-order valence-corrected chi connectivity index (χ4v) is 2.90. The van der Waals surface area contributed by atoms with Crippen molar-refractivity contribution in [2.24, 2.45) is 0 Å². The zero-order chi connectivity index (χ0) is 13.9. The fraction of sp³-hybridized carbons (Fsp3) is 0.500. The standard InChI is InChI=1S/C14H20N2O2S/c1-3-14(8-17,9-18)16-10(2)11-6-13-12(15-7-11)4-5-19-13/h4-7,10,16-18H,3,8-9H2,1-2H3. The Morgan fingerprint density at radius 2 is 2.16 bits per heavy atom. The lowest BCUT2D eigenvalue weighted by molar-refractivity contribution is 0.0793. The number of aliphatic hydroxyl groups is 2. The van der Waals surface area contributed by atoms with Crippen molar-refractivity contribution in [2.45, 2.75) is 31.8 Å². The van der Waals surface area contributed by atoms with Gasteiger partial charge in [-0.05, 0) is 36.4 Å². The van der Waals surface area contributed by atoms with Gasteiger partial charge in [-0.1, -0.05) is 6.92 Å². The molecule has 0 saturated heterocycles. The lowest BCUT2D eigenvalue weighted by Gasteiger charge is -2.33. The maximum absolute atomic E-state index is 9.47. The molecule has 4 nitrogen and oxygen atoms in total. The molecule has 2 heterocycles. The number of hydrogen-bond donors (Lipinski definition) is 3. The van der Waals surface area contributed by atoms with Crippen molar-refractivity contribution in [1.29, 1.82) is 0 Å². The normalized spacial score (nSPS) is 13.9. The highest BCUT2D eigenvalue weighted by Gasteiger charge is 2.28. The van der Waals surface area contributed by atoms with Crippen LogP contribution >= 0.6 is 11.3 Å². The first-order valence-corrected chi connectivity index (χ1v) is 7.34. The predicted molar refractivity (Wildman–Crippen MR) is 78.4 cm³/mol. The number of fused-ring (bicyclic) bond motifs is 1. The number of nitrogens with zero attached hydrogens (tertiary/aromatic N) is 1. The van der Waals surface area contributed by atoms with Crippen molar-refractivity contribution >= 4 is 21.6 Å². The molecule has 1 atom stereocenters. The lowest BCUT2D eigenvalue weighted by Crippen LogP contribution is -2.52. The van der Waals surface area contributed by atoms with Crippen LogP contribution in [0, 0.1) is 0 Å². The third kappa shape index (κ3) is 2.95. The van der Waals surface area contributed by atoms with E-state index in [0.717, 1.165) is 15.8 Å². The van der Waals surface area contributed by atoms with Gasteiger partial charge in [0.2, 0.25) is 0 Å². The molecule has 0 aliphatic heterocycles. The molecular weight excluding hydrogens is 260 g/mol. The summed E-state index contributed by atoms with van der Waals surface area (Å²) in [5.74, 6) is 0. The van der Waals surface area contributed by atoms with Gasteiger partial charge in [-0.2, -0.15) is 0 Å². The number of aliphatic hydroxyl groups excluding tert-OH is 2. The van der Waals surface area contributed by atoms with Crippen LogP contribution in [0.25, 0.3) is 10.2 Å². The molecule has 2 aromatic heterocycles. The van der Waals surface area contributed by atoms with Crippen LogP contribution in [0.4, 0.5) is 0 Å². The fourth-order valence-electron chi connectivity index (χ4n) is 2.11. The topological polar surface area (TPSA) is 65.4 Å². The van der Waals surface area contributed by atoms with E-state index >= 15 is 0 Å². The number of thiophene rings is 1. The Labute approximate surface area is 117 Å². The van der Waals surface area contributed by atoms with Crippen molar-refractivity contribution in [3.05, 3.63) is 29.3 Å². The molecule has 0 amide bonds. The van der Waals surface area contributed by atoms with Gasteiger partial charge >= 0.3 is 0 Å². The minimum absolute atomic E-state index is 0.0262. The summed E-state index contributed by atoms with van der Waals surface area (Å²) in [6.07, 6.45) is 2.51. The molecule has 5 heteroatoms. The Kier molecular flexibility index (Phi) is 4.52. The van der Waals surface area contributed by atoms with Gasteiger partial charge in [0.15, 0.2) is 0 Å². The minimum Gasteiger partial charge on any atom is -0.394 e. The zero-order valence-electron chi connectivity index (χ0n) is 11.3. The van der Waals surface area contributed by atoms with Crippen molar-refractivity contribution in [3.8, 4) is 0 Å². The van der Waals surface area contributed by atoms with E-state index in [2.05, 4.69) is 16.4 Å². The maximum Gasteiger partial charge on any atom is 0.0809 e. The number of pyridine rings is 1. The van der Waals surface area contributed by atoms with Crippen LogP contribution in [-0.4, -0.2) is 33.9 Å². The number of hydrogen-bond acceptors (Lipinski definition) is 5. The molecule has 3 N–H and O–H groups in total. The number of rotatable bonds is 6. The van der Waals surface area contributed by atoms with Crippen molar-refractivity contribution in [3.63, 3.8) is 0 Å². The molecule has 19 heavy (non-hydrogen) atoms. The summed E-state index contributed by atoms with van der Waals surface area (Å²) in [4.78, 5) is 4.42. The van der Waals surface area contributed by atoms with Crippen molar-refractivity contribution in [1.82, 2.24) is 10.3 Å². The van der Waals surface area contributed by atoms with Crippen LogP contribution in [-0.2, 0) is 0 Å². The summed E-state index contributed by atoms with van der Waals surface area (Å²) in [6.45, 7) is 3.80. The summed E-state index contributed by atoms with van der Waals surface area (Å²) < 4.78 is 1.15. The molecule has 0 fully saturated rings. The van der Waals surface area contributed by atoms with Crippen LogP contribution in [0.1, 0.15) is 31.9 Å². The van der Waals surface area contributed by atoms with E-state index in [4.69, 9.17) is 0 Å². The molecule has 0 aromatic carbocycles. The first-order chi connectivity index (χ1) is 9.14. The Morgan fingerprint density at radius 1 is 1.42 bits per heavy atom. The molecule has 0 radical (unpaired) electrons. The van der Waals surface area contributed by atoms with Crippen LogP contribution in [0.5, 0.6) is 0 Å². The highest BCUT2D eigenvalue weighted by atomic mass is 32.1. The first kappa shape index (κ1) is 14.4. The molecule has 2 aromatic rings. The summed E-state index contributed by atoms with van der Waals surface area (Å²) in [5, 5.41) is 24.3. The second kappa shape index (κ2) is 5.96.